The Bertz CT molecular complexity index is 486. The van der Waals surface area contributed by atoms with E-state index in [9.17, 15) is 4.79 Å². The molecule has 0 atom stereocenters. The number of hydrogen-bond acceptors (Lipinski definition) is 4. The van der Waals surface area contributed by atoms with Crippen molar-refractivity contribution in [3.05, 3.63) is 18.2 Å². The SMILES string of the molecule is CNCC(C)(C)Nc1ccc2c(c1)N(C)C(=O)CO2. The fourth-order valence-corrected chi connectivity index (χ4v) is 2.23. The van der Waals surface area contributed by atoms with Crippen molar-refractivity contribution in [3.8, 4) is 5.75 Å². The Labute approximate surface area is 113 Å². The van der Waals surface area contributed by atoms with Crippen molar-refractivity contribution in [2.75, 3.05) is 37.5 Å². The molecule has 0 bridgehead atoms. The average molecular weight is 263 g/mol. The third-order valence-corrected chi connectivity index (χ3v) is 3.15. The van der Waals surface area contributed by atoms with Crippen LogP contribution in [0.5, 0.6) is 5.75 Å². The summed E-state index contributed by atoms with van der Waals surface area (Å²) in [4.78, 5) is 13.3. The summed E-state index contributed by atoms with van der Waals surface area (Å²) in [7, 11) is 3.70. The van der Waals surface area contributed by atoms with Gasteiger partial charge in [-0.05, 0) is 39.1 Å². The van der Waals surface area contributed by atoms with Crippen LogP contribution in [0.15, 0.2) is 18.2 Å². The van der Waals surface area contributed by atoms with E-state index in [0.717, 1.165) is 23.7 Å². The van der Waals surface area contributed by atoms with Crippen molar-refractivity contribution in [2.24, 2.45) is 0 Å². The predicted molar refractivity (Wildman–Crippen MR) is 77.0 cm³/mol. The molecule has 1 aromatic carbocycles. The highest BCUT2D eigenvalue weighted by Crippen LogP contribution is 2.34. The molecular weight excluding hydrogens is 242 g/mol. The molecule has 0 unspecified atom stereocenters. The lowest BCUT2D eigenvalue weighted by molar-refractivity contribution is -0.120. The molecule has 2 N–H and O–H groups in total. The molecule has 0 saturated heterocycles. The first-order valence-corrected chi connectivity index (χ1v) is 6.39. The Balaban J connectivity index is 2.23. The van der Waals surface area contributed by atoms with Gasteiger partial charge in [0.15, 0.2) is 6.61 Å². The molecule has 0 saturated carbocycles. The molecule has 1 aromatic rings. The van der Waals surface area contributed by atoms with Crippen LogP contribution in [-0.2, 0) is 4.79 Å². The average Bonchev–Trinajstić information content (AvgIpc) is 2.34. The van der Waals surface area contributed by atoms with Crippen molar-refractivity contribution in [2.45, 2.75) is 19.4 Å². The van der Waals surface area contributed by atoms with Crippen LogP contribution in [0.1, 0.15) is 13.8 Å². The van der Waals surface area contributed by atoms with Gasteiger partial charge in [-0.1, -0.05) is 0 Å². The number of carbonyl (C=O) groups excluding carboxylic acids is 1. The Hall–Kier alpha value is -1.75. The minimum Gasteiger partial charge on any atom is -0.482 e. The van der Waals surface area contributed by atoms with E-state index in [1.54, 1.807) is 11.9 Å². The largest absolute Gasteiger partial charge is 0.482 e. The maximum Gasteiger partial charge on any atom is 0.264 e. The van der Waals surface area contributed by atoms with E-state index in [0.29, 0.717) is 0 Å². The number of anilines is 2. The van der Waals surface area contributed by atoms with E-state index in [2.05, 4.69) is 24.5 Å². The van der Waals surface area contributed by atoms with Crippen LogP contribution in [0, 0.1) is 0 Å². The van der Waals surface area contributed by atoms with Crippen molar-refractivity contribution in [1.29, 1.82) is 0 Å². The predicted octanol–water partition coefficient (Wildman–Crippen LogP) is 1.45. The van der Waals surface area contributed by atoms with Crippen LogP contribution < -0.4 is 20.3 Å². The number of fused-ring (bicyclic) bond motifs is 1. The molecule has 1 amide bonds. The summed E-state index contributed by atoms with van der Waals surface area (Å²) in [5.41, 5.74) is 1.71. The minimum absolute atomic E-state index is 0.0286. The van der Waals surface area contributed by atoms with Crippen LogP contribution in [-0.4, -0.2) is 38.7 Å². The van der Waals surface area contributed by atoms with E-state index in [4.69, 9.17) is 4.74 Å². The number of carbonyl (C=O) groups is 1. The van der Waals surface area contributed by atoms with Crippen LogP contribution in [0.2, 0.25) is 0 Å². The monoisotopic (exact) mass is 263 g/mol. The molecule has 104 valence electrons. The van der Waals surface area contributed by atoms with E-state index in [1.165, 1.54) is 0 Å². The summed E-state index contributed by atoms with van der Waals surface area (Å²) < 4.78 is 5.41. The molecule has 2 rings (SSSR count). The topological polar surface area (TPSA) is 53.6 Å². The molecule has 0 aromatic heterocycles. The molecule has 0 radical (unpaired) electrons. The van der Waals surface area contributed by atoms with Crippen molar-refractivity contribution >= 4 is 17.3 Å². The van der Waals surface area contributed by atoms with E-state index in [1.807, 2.05) is 25.2 Å². The van der Waals surface area contributed by atoms with Crippen molar-refractivity contribution in [3.63, 3.8) is 0 Å². The molecule has 19 heavy (non-hydrogen) atoms. The number of rotatable bonds is 4. The second-order valence-electron chi connectivity index (χ2n) is 5.46. The van der Waals surface area contributed by atoms with Crippen LogP contribution >= 0.6 is 0 Å². The highest BCUT2D eigenvalue weighted by molar-refractivity contribution is 5.97. The number of likely N-dealkylation sites (N-methyl/N-ethyl adjacent to an activating group) is 2. The summed E-state index contributed by atoms with van der Waals surface area (Å²) in [5.74, 6) is 0.721. The molecule has 0 spiro atoms. The van der Waals surface area contributed by atoms with Crippen molar-refractivity contribution in [1.82, 2.24) is 5.32 Å². The zero-order valence-electron chi connectivity index (χ0n) is 11.9. The third-order valence-electron chi connectivity index (χ3n) is 3.15. The molecule has 5 heteroatoms. The number of amides is 1. The summed E-state index contributed by atoms with van der Waals surface area (Å²) >= 11 is 0. The smallest absolute Gasteiger partial charge is 0.264 e. The number of ether oxygens (including phenoxy) is 1. The Morgan fingerprint density at radius 3 is 2.84 bits per heavy atom. The quantitative estimate of drug-likeness (QED) is 0.863. The van der Waals surface area contributed by atoms with E-state index in [-0.39, 0.29) is 18.1 Å². The highest BCUT2D eigenvalue weighted by Gasteiger charge is 2.23. The van der Waals surface area contributed by atoms with Crippen molar-refractivity contribution < 1.29 is 9.53 Å². The highest BCUT2D eigenvalue weighted by atomic mass is 16.5. The maximum absolute atomic E-state index is 11.6. The molecule has 0 aliphatic carbocycles. The van der Waals surface area contributed by atoms with Gasteiger partial charge in [-0.2, -0.15) is 0 Å². The summed E-state index contributed by atoms with van der Waals surface area (Å²) in [6.07, 6.45) is 0. The summed E-state index contributed by atoms with van der Waals surface area (Å²) in [6.45, 7) is 5.19. The van der Waals surface area contributed by atoms with Crippen LogP contribution in [0.4, 0.5) is 11.4 Å². The van der Waals surface area contributed by atoms with Crippen LogP contribution in [0.3, 0.4) is 0 Å². The Kier molecular flexibility index (Phi) is 3.66. The van der Waals surface area contributed by atoms with Crippen LogP contribution in [0.25, 0.3) is 0 Å². The van der Waals surface area contributed by atoms with Gasteiger partial charge in [0, 0.05) is 24.8 Å². The fourth-order valence-electron chi connectivity index (χ4n) is 2.23. The first-order valence-electron chi connectivity index (χ1n) is 6.39. The van der Waals surface area contributed by atoms with Gasteiger partial charge >= 0.3 is 0 Å². The van der Waals surface area contributed by atoms with Gasteiger partial charge in [0.1, 0.15) is 5.75 Å². The van der Waals surface area contributed by atoms with Gasteiger partial charge < -0.3 is 20.3 Å². The van der Waals surface area contributed by atoms with E-state index >= 15 is 0 Å². The zero-order valence-corrected chi connectivity index (χ0v) is 11.9. The molecule has 0 fully saturated rings. The van der Waals surface area contributed by atoms with Gasteiger partial charge in [-0.15, -0.1) is 0 Å². The normalized spacial score (nSPS) is 14.9. The van der Waals surface area contributed by atoms with Gasteiger partial charge in [-0.3, -0.25) is 4.79 Å². The minimum atomic E-state index is -0.0684. The molecule has 1 heterocycles. The number of benzene rings is 1. The second kappa shape index (κ2) is 5.09. The Morgan fingerprint density at radius 1 is 1.42 bits per heavy atom. The fraction of sp³-hybridized carbons (Fsp3) is 0.500. The maximum atomic E-state index is 11.6. The molecule has 1 aliphatic rings. The lowest BCUT2D eigenvalue weighted by Crippen LogP contribution is -2.41. The molecule has 1 aliphatic heterocycles. The van der Waals surface area contributed by atoms with E-state index < -0.39 is 0 Å². The first kappa shape index (κ1) is 13.7. The molecule has 5 nitrogen and oxygen atoms in total. The lowest BCUT2D eigenvalue weighted by Gasteiger charge is -2.30. The Morgan fingerprint density at radius 2 is 2.16 bits per heavy atom. The number of nitrogens with zero attached hydrogens (tertiary/aromatic N) is 1. The third kappa shape index (κ3) is 2.98. The summed E-state index contributed by atoms with van der Waals surface area (Å²) in [5, 5.41) is 6.60. The van der Waals surface area contributed by atoms with Gasteiger partial charge in [0.25, 0.3) is 5.91 Å². The van der Waals surface area contributed by atoms with Gasteiger partial charge in [0.05, 0.1) is 5.69 Å². The zero-order chi connectivity index (χ0) is 14.0. The lowest BCUT2D eigenvalue weighted by atomic mass is 10.0. The standard InChI is InChI=1S/C14H21N3O2/c1-14(2,9-15-3)16-10-5-6-12-11(7-10)17(4)13(18)8-19-12/h5-7,15-16H,8-9H2,1-4H3. The summed E-state index contributed by atoms with van der Waals surface area (Å²) in [6, 6.07) is 5.82. The second-order valence-corrected chi connectivity index (χ2v) is 5.46. The number of nitrogens with one attached hydrogen (secondary N) is 2. The molecular formula is C14H21N3O2. The number of hydrogen-bond donors (Lipinski definition) is 2. The first-order chi connectivity index (χ1) is 8.93. The van der Waals surface area contributed by atoms with Gasteiger partial charge in [-0.25, -0.2) is 0 Å². The van der Waals surface area contributed by atoms with Gasteiger partial charge in [0.2, 0.25) is 0 Å².